The van der Waals surface area contributed by atoms with Gasteiger partial charge in [0.1, 0.15) is 0 Å². The van der Waals surface area contributed by atoms with Crippen LogP contribution in [0.4, 0.5) is 0 Å². The number of aryl methyl sites for hydroxylation is 1. The SMILES string of the molecule is Cc1ccc(S(=O)(=O)O)cc1C(=O)O.[NaH]. The maximum absolute atomic E-state index is 10.7. The van der Waals surface area contributed by atoms with Crippen LogP contribution in [0.5, 0.6) is 0 Å². The molecule has 7 heteroatoms. The van der Waals surface area contributed by atoms with Crippen molar-refractivity contribution < 1.29 is 22.9 Å². The Morgan fingerprint density at radius 2 is 1.87 bits per heavy atom. The molecule has 2 N–H and O–H groups in total. The molecule has 0 radical (unpaired) electrons. The zero-order valence-corrected chi connectivity index (χ0v) is 8.08. The molecule has 0 aliphatic rings. The number of hydrogen-bond donors (Lipinski definition) is 2. The van der Waals surface area contributed by atoms with E-state index in [0.29, 0.717) is 5.56 Å². The molecule has 0 aliphatic heterocycles. The number of rotatable bonds is 2. The molecular weight excluding hydrogens is 231 g/mol. The predicted molar refractivity (Wildman–Crippen MR) is 55.1 cm³/mol. The van der Waals surface area contributed by atoms with Gasteiger partial charge in [0, 0.05) is 0 Å². The van der Waals surface area contributed by atoms with Crippen LogP contribution in [-0.2, 0) is 10.1 Å². The molecule has 1 rings (SSSR count). The number of benzene rings is 1. The maximum atomic E-state index is 10.7. The molecule has 0 aliphatic carbocycles. The van der Waals surface area contributed by atoms with Gasteiger partial charge < -0.3 is 5.11 Å². The summed E-state index contributed by atoms with van der Waals surface area (Å²) in [7, 11) is -4.34. The Labute approximate surface area is 109 Å². The molecule has 0 heterocycles. The summed E-state index contributed by atoms with van der Waals surface area (Å²) in [5, 5.41) is 8.68. The summed E-state index contributed by atoms with van der Waals surface area (Å²) in [6.45, 7) is 1.54. The van der Waals surface area contributed by atoms with Gasteiger partial charge >= 0.3 is 35.5 Å². The third kappa shape index (κ3) is 3.58. The molecule has 0 bridgehead atoms. The van der Waals surface area contributed by atoms with E-state index in [9.17, 15) is 13.2 Å². The van der Waals surface area contributed by atoms with Gasteiger partial charge in [0.15, 0.2) is 0 Å². The Balaban J connectivity index is 0.00000196. The van der Waals surface area contributed by atoms with Gasteiger partial charge in [-0.1, -0.05) is 6.07 Å². The standard InChI is InChI=1S/C8H8O5S.Na.H/c1-5-2-3-6(14(11,12)13)4-7(5)8(9)10;;/h2-4H,1H3,(H,9,10)(H,11,12,13);;. The van der Waals surface area contributed by atoms with Crippen molar-refractivity contribution in [1.29, 1.82) is 0 Å². The molecule has 0 amide bonds. The first-order valence-corrected chi connectivity index (χ1v) is 5.08. The molecule has 0 spiro atoms. The Morgan fingerprint density at radius 3 is 2.27 bits per heavy atom. The molecule has 0 saturated heterocycles. The monoisotopic (exact) mass is 240 g/mol. The zero-order chi connectivity index (χ0) is 10.9. The van der Waals surface area contributed by atoms with Gasteiger partial charge in [-0.05, 0) is 24.6 Å². The van der Waals surface area contributed by atoms with Crippen molar-refractivity contribution >= 4 is 45.6 Å². The summed E-state index contributed by atoms with van der Waals surface area (Å²) in [4.78, 5) is 10.2. The predicted octanol–water partition coefficient (Wildman–Crippen LogP) is 0.291. The quantitative estimate of drug-likeness (QED) is 0.572. The topological polar surface area (TPSA) is 91.7 Å². The fourth-order valence-electron chi connectivity index (χ4n) is 0.992. The van der Waals surface area contributed by atoms with Crippen LogP contribution < -0.4 is 0 Å². The fraction of sp³-hybridized carbons (Fsp3) is 0.125. The average molecular weight is 240 g/mol. The van der Waals surface area contributed by atoms with Crippen molar-refractivity contribution in [1.82, 2.24) is 0 Å². The number of carboxylic acids is 1. The van der Waals surface area contributed by atoms with E-state index in [4.69, 9.17) is 9.66 Å². The molecule has 0 fully saturated rings. The van der Waals surface area contributed by atoms with E-state index in [1.165, 1.54) is 13.0 Å². The Kier molecular flexibility index (Phi) is 4.95. The summed E-state index contributed by atoms with van der Waals surface area (Å²) in [6.07, 6.45) is 0. The van der Waals surface area contributed by atoms with E-state index >= 15 is 0 Å². The normalized spacial score (nSPS) is 10.5. The second-order valence-corrected chi connectivity index (χ2v) is 4.18. The van der Waals surface area contributed by atoms with Crippen LogP contribution >= 0.6 is 0 Å². The average Bonchev–Trinajstić information content (AvgIpc) is 2.02. The van der Waals surface area contributed by atoms with Crippen molar-refractivity contribution in [2.75, 3.05) is 0 Å². The molecule has 5 nitrogen and oxygen atoms in total. The molecule has 0 unspecified atom stereocenters. The number of carbonyl (C=O) groups is 1. The molecule has 0 aromatic heterocycles. The van der Waals surface area contributed by atoms with Crippen molar-refractivity contribution in [2.24, 2.45) is 0 Å². The van der Waals surface area contributed by atoms with E-state index in [1.54, 1.807) is 0 Å². The fourth-order valence-corrected chi connectivity index (χ4v) is 1.50. The molecular formula is C8H9NaO5S. The van der Waals surface area contributed by atoms with Crippen molar-refractivity contribution in [3.63, 3.8) is 0 Å². The van der Waals surface area contributed by atoms with Crippen LogP contribution in [0.2, 0.25) is 0 Å². The van der Waals surface area contributed by atoms with Gasteiger partial charge in [-0.25, -0.2) is 4.79 Å². The number of aromatic carboxylic acids is 1. The second-order valence-electron chi connectivity index (χ2n) is 2.76. The van der Waals surface area contributed by atoms with E-state index in [1.807, 2.05) is 0 Å². The number of carboxylic acid groups (broad SMARTS) is 1. The van der Waals surface area contributed by atoms with Gasteiger partial charge in [0.05, 0.1) is 10.5 Å². The molecule has 0 saturated carbocycles. The van der Waals surface area contributed by atoms with Crippen LogP contribution in [0.25, 0.3) is 0 Å². The van der Waals surface area contributed by atoms with Crippen molar-refractivity contribution in [2.45, 2.75) is 11.8 Å². The van der Waals surface area contributed by atoms with Crippen LogP contribution in [0.1, 0.15) is 15.9 Å². The van der Waals surface area contributed by atoms with Gasteiger partial charge in [-0.15, -0.1) is 0 Å². The Hall–Kier alpha value is -0.400. The third-order valence-corrected chi connectivity index (χ3v) is 2.59. The first-order valence-electron chi connectivity index (χ1n) is 3.64. The second kappa shape index (κ2) is 5.09. The van der Waals surface area contributed by atoms with E-state index < -0.39 is 21.0 Å². The third-order valence-electron chi connectivity index (χ3n) is 1.74. The summed E-state index contributed by atoms with van der Waals surface area (Å²) in [5.74, 6) is -1.23. The number of hydrogen-bond acceptors (Lipinski definition) is 3. The van der Waals surface area contributed by atoms with E-state index in [2.05, 4.69) is 0 Å². The Bertz CT molecular complexity index is 480. The molecule has 1 aromatic rings. The van der Waals surface area contributed by atoms with E-state index in [0.717, 1.165) is 12.1 Å². The minimum absolute atomic E-state index is 0. The van der Waals surface area contributed by atoms with Crippen molar-refractivity contribution in [3.8, 4) is 0 Å². The summed E-state index contributed by atoms with van der Waals surface area (Å²) in [5.41, 5.74) is 0.296. The van der Waals surface area contributed by atoms with Crippen LogP contribution in [0.3, 0.4) is 0 Å². The van der Waals surface area contributed by atoms with Gasteiger partial charge in [0.2, 0.25) is 0 Å². The summed E-state index contributed by atoms with van der Waals surface area (Å²) in [6, 6.07) is 3.40. The van der Waals surface area contributed by atoms with Crippen LogP contribution in [0, 0.1) is 6.92 Å². The molecule has 0 atom stereocenters. The van der Waals surface area contributed by atoms with Crippen LogP contribution in [0.15, 0.2) is 23.1 Å². The van der Waals surface area contributed by atoms with Crippen LogP contribution in [-0.4, -0.2) is 53.6 Å². The summed E-state index contributed by atoms with van der Waals surface area (Å²) < 4.78 is 30.0. The van der Waals surface area contributed by atoms with Crippen molar-refractivity contribution in [3.05, 3.63) is 29.3 Å². The molecule has 15 heavy (non-hydrogen) atoms. The first kappa shape index (κ1) is 14.6. The van der Waals surface area contributed by atoms with Gasteiger partial charge in [-0.3, -0.25) is 4.55 Å². The van der Waals surface area contributed by atoms with E-state index in [-0.39, 0.29) is 35.1 Å². The molecule has 78 valence electrons. The summed E-state index contributed by atoms with van der Waals surface area (Å²) >= 11 is 0. The minimum atomic E-state index is -4.34. The Morgan fingerprint density at radius 1 is 1.33 bits per heavy atom. The molecule has 1 aromatic carbocycles. The van der Waals surface area contributed by atoms with Gasteiger partial charge in [-0.2, -0.15) is 8.42 Å². The first-order chi connectivity index (χ1) is 6.32. The van der Waals surface area contributed by atoms with Gasteiger partial charge in [0.25, 0.3) is 10.1 Å². The zero-order valence-electron chi connectivity index (χ0n) is 7.26.